The third-order valence-electron chi connectivity index (χ3n) is 5.30. The summed E-state index contributed by atoms with van der Waals surface area (Å²) in [4.78, 5) is 2.57. The first kappa shape index (κ1) is 15.7. The van der Waals surface area contributed by atoms with Gasteiger partial charge in [0.05, 0.1) is 0 Å². The van der Waals surface area contributed by atoms with Gasteiger partial charge >= 0.3 is 0 Å². The van der Waals surface area contributed by atoms with E-state index in [0.717, 1.165) is 5.56 Å². The van der Waals surface area contributed by atoms with Crippen LogP contribution in [0.4, 0.5) is 5.69 Å². The molecule has 1 aliphatic carbocycles. The molecule has 3 rings (SSSR count). The first-order valence-electron chi connectivity index (χ1n) is 8.84. The highest BCUT2D eigenvalue weighted by atomic mass is 28.3. The second-order valence-electron chi connectivity index (χ2n) is 8.24. The van der Waals surface area contributed by atoms with E-state index < -0.39 is 8.07 Å². The van der Waals surface area contributed by atoms with Crippen molar-refractivity contribution < 1.29 is 0 Å². The topological polar surface area (TPSA) is 3.24 Å². The molecule has 1 spiro atoms. The monoisotopic (exact) mass is 311 g/mol. The van der Waals surface area contributed by atoms with Gasteiger partial charge in [-0.25, -0.2) is 0 Å². The summed E-state index contributed by atoms with van der Waals surface area (Å²) in [5.74, 6) is 3.35. The van der Waals surface area contributed by atoms with E-state index >= 15 is 0 Å². The third-order valence-corrected chi connectivity index (χ3v) is 6.18. The standard InChI is InChI=1S/C20H29NSi/c1-22(2,3)17-10-18-6-8-19(9-7-18)21-15-13-20(14-16-21)11-4-5-12-20/h6-9H,4-5,11-16H2,1-3H3. The predicted molar refractivity (Wildman–Crippen MR) is 99.0 cm³/mol. The van der Waals surface area contributed by atoms with Gasteiger partial charge in [0.25, 0.3) is 0 Å². The van der Waals surface area contributed by atoms with Crippen molar-refractivity contribution in [2.45, 2.75) is 58.2 Å². The van der Waals surface area contributed by atoms with Crippen LogP contribution in [0, 0.1) is 16.9 Å². The third kappa shape index (κ3) is 3.76. The second-order valence-corrected chi connectivity index (χ2v) is 13.0. The summed E-state index contributed by atoms with van der Waals surface area (Å²) in [6, 6.07) is 8.92. The summed E-state index contributed by atoms with van der Waals surface area (Å²) < 4.78 is 0. The van der Waals surface area contributed by atoms with Crippen molar-refractivity contribution >= 4 is 13.8 Å². The molecule has 2 aliphatic rings. The SMILES string of the molecule is C[Si](C)(C)C#Cc1ccc(N2CCC3(CCCC3)CC2)cc1. The Morgan fingerprint density at radius 3 is 2.05 bits per heavy atom. The fourth-order valence-electron chi connectivity index (χ4n) is 3.88. The molecule has 1 heterocycles. The maximum atomic E-state index is 3.45. The summed E-state index contributed by atoms with van der Waals surface area (Å²) in [5, 5.41) is 0. The summed E-state index contributed by atoms with van der Waals surface area (Å²) in [5.41, 5.74) is 6.70. The van der Waals surface area contributed by atoms with Crippen LogP contribution in [0.15, 0.2) is 24.3 Å². The van der Waals surface area contributed by atoms with Crippen LogP contribution in [0.2, 0.25) is 19.6 Å². The number of nitrogens with zero attached hydrogens (tertiary/aromatic N) is 1. The van der Waals surface area contributed by atoms with Gasteiger partial charge in [-0.3, -0.25) is 0 Å². The zero-order valence-electron chi connectivity index (χ0n) is 14.4. The Morgan fingerprint density at radius 1 is 0.909 bits per heavy atom. The fraction of sp³-hybridized carbons (Fsp3) is 0.600. The van der Waals surface area contributed by atoms with Crippen molar-refractivity contribution in [3.63, 3.8) is 0 Å². The van der Waals surface area contributed by atoms with E-state index in [-0.39, 0.29) is 0 Å². The first-order chi connectivity index (χ1) is 10.5. The molecule has 0 bridgehead atoms. The summed E-state index contributed by atoms with van der Waals surface area (Å²) in [6.07, 6.45) is 8.67. The smallest absolute Gasteiger partial charge is 0.129 e. The highest BCUT2D eigenvalue weighted by Crippen LogP contribution is 2.46. The van der Waals surface area contributed by atoms with Crippen molar-refractivity contribution in [3.8, 4) is 11.5 Å². The molecule has 0 radical (unpaired) electrons. The fourth-order valence-corrected chi connectivity index (χ4v) is 4.40. The molecular formula is C20H29NSi. The molecule has 2 fully saturated rings. The van der Waals surface area contributed by atoms with Gasteiger partial charge < -0.3 is 4.90 Å². The maximum Gasteiger partial charge on any atom is 0.129 e. The lowest BCUT2D eigenvalue weighted by Crippen LogP contribution is -2.38. The first-order valence-corrected chi connectivity index (χ1v) is 12.3. The van der Waals surface area contributed by atoms with Crippen LogP contribution < -0.4 is 4.90 Å². The number of hydrogen-bond acceptors (Lipinski definition) is 1. The zero-order valence-corrected chi connectivity index (χ0v) is 15.4. The van der Waals surface area contributed by atoms with E-state index in [2.05, 4.69) is 60.3 Å². The lowest BCUT2D eigenvalue weighted by molar-refractivity contribution is 0.226. The Bertz CT molecular complexity index is 554. The van der Waals surface area contributed by atoms with Crippen molar-refractivity contribution in [3.05, 3.63) is 29.8 Å². The van der Waals surface area contributed by atoms with Crippen LogP contribution >= 0.6 is 0 Å². The van der Waals surface area contributed by atoms with Crippen LogP contribution in [-0.4, -0.2) is 21.2 Å². The van der Waals surface area contributed by atoms with E-state index in [4.69, 9.17) is 0 Å². The molecule has 0 unspecified atom stereocenters. The molecule has 1 aromatic carbocycles. The van der Waals surface area contributed by atoms with Gasteiger partial charge in [-0.05, 0) is 55.4 Å². The van der Waals surface area contributed by atoms with Gasteiger partial charge in [0.2, 0.25) is 0 Å². The van der Waals surface area contributed by atoms with Crippen LogP contribution in [0.5, 0.6) is 0 Å². The number of piperidine rings is 1. The minimum Gasteiger partial charge on any atom is -0.371 e. The number of anilines is 1. The van der Waals surface area contributed by atoms with E-state index in [1.807, 2.05) is 0 Å². The molecule has 1 aromatic rings. The second kappa shape index (κ2) is 6.12. The highest BCUT2D eigenvalue weighted by molar-refractivity contribution is 6.83. The highest BCUT2D eigenvalue weighted by Gasteiger charge is 2.36. The molecule has 1 aliphatic heterocycles. The molecule has 1 saturated carbocycles. The van der Waals surface area contributed by atoms with E-state index in [1.165, 1.54) is 57.3 Å². The molecule has 1 saturated heterocycles. The molecule has 118 valence electrons. The predicted octanol–water partition coefficient (Wildman–Crippen LogP) is 5.08. The quantitative estimate of drug-likeness (QED) is 0.516. The lowest BCUT2D eigenvalue weighted by Gasteiger charge is -2.40. The van der Waals surface area contributed by atoms with Crippen LogP contribution in [-0.2, 0) is 0 Å². The normalized spacial score (nSPS) is 20.8. The maximum absolute atomic E-state index is 3.45. The lowest BCUT2D eigenvalue weighted by atomic mass is 9.77. The largest absolute Gasteiger partial charge is 0.371 e. The average Bonchev–Trinajstić information content (AvgIpc) is 2.94. The Morgan fingerprint density at radius 2 is 1.50 bits per heavy atom. The Kier molecular flexibility index (Phi) is 4.37. The average molecular weight is 312 g/mol. The molecule has 0 aromatic heterocycles. The summed E-state index contributed by atoms with van der Waals surface area (Å²) in [6.45, 7) is 9.35. The summed E-state index contributed by atoms with van der Waals surface area (Å²) in [7, 11) is -1.28. The summed E-state index contributed by atoms with van der Waals surface area (Å²) >= 11 is 0. The van der Waals surface area contributed by atoms with E-state index in [9.17, 15) is 0 Å². The Balaban J connectivity index is 1.63. The van der Waals surface area contributed by atoms with Crippen molar-refractivity contribution in [1.82, 2.24) is 0 Å². The van der Waals surface area contributed by atoms with Gasteiger partial charge in [0.15, 0.2) is 0 Å². The number of rotatable bonds is 1. The molecule has 2 heteroatoms. The Labute approximate surface area is 137 Å². The van der Waals surface area contributed by atoms with Crippen LogP contribution in [0.3, 0.4) is 0 Å². The van der Waals surface area contributed by atoms with E-state index in [1.54, 1.807) is 0 Å². The van der Waals surface area contributed by atoms with Gasteiger partial charge in [-0.1, -0.05) is 38.4 Å². The number of hydrogen-bond donors (Lipinski definition) is 0. The zero-order chi connectivity index (χ0) is 15.6. The molecule has 0 N–H and O–H groups in total. The molecule has 1 nitrogen and oxygen atoms in total. The van der Waals surface area contributed by atoms with Crippen molar-refractivity contribution in [2.75, 3.05) is 18.0 Å². The van der Waals surface area contributed by atoms with Gasteiger partial charge in [0.1, 0.15) is 8.07 Å². The van der Waals surface area contributed by atoms with E-state index in [0.29, 0.717) is 5.41 Å². The minimum atomic E-state index is -1.28. The molecule has 0 atom stereocenters. The van der Waals surface area contributed by atoms with Crippen molar-refractivity contribution in [1.29, 1.82) is 0 Å². The Hall–Kier alpha value is -1.20. The molecule has 0 amide bonds. The van der Waals surface area contributed by atoms with Crippen LogP contribution in [0.1, 0.15) is 44.1 Å². The minimum absolute atomic E-state index is 0.708. The van der Waals surface area contributed by atoms with Gasteiger partial charge in [0, 0.05) is 24.3 Å². The van der Waals surface area contributed by atoms with Crippen molar-refractivity contribution in [2.24, 2.45) is 5.41 Å². The van der Waals surface area contributed by atoms with Crippen LogP contribution in [0.25, 0.3) is 0 Å². The van der Waals surface area contributed by atoms with Gasteiger partial charge in [-0.2, -0.15) is 0 Å². The molecular weight excluding hydrogens is 282 g/mol. The number of benzene rings is 1. The van der Waals surface area contributed by atoms with Gasteiger partial charge in [-0.15, -0.1) is 5.54 Å². The molecule has 22 heavy (non-hydrogen) atoms.